The molecule has 0 heterocycles. The molecule has 0 atom stereocenters. The van der Waals surface area contributed by atoms with Gasteiger partial charge in [0.25, 0.3) is 0 Å². The lowest BCUT2D eigenvalue weighted by Crippen LogP contribution is -1.93. The van der Waals surface area contributed by atoms with Crippen molar-refractivity contribution in [2.75, 3.05) is 0 Å². The molecule has 0 saturated heterocycles. The monoisotopic (exact) mass is 196 g/mol. The number of hydrogen-bond donors (Lipinski definition) is 1. The molecule has 0 aromatic rings. The highest BCUT2D eigenvalue weighted by atomic mass is 16.4. The summed E-state index contributed by atoms with van der Waals surface area (Å²) in [6.45, 7) is 3.59. The molecule has 0 rings (SSSR count). The number of carboxylic acid groups (broad SMARTS) is 1. The van der Waals surface area contributed by atoms with Crippen LogP contribution in [0.3, 0.4) is 0 Å². The van der Waals surface area contributed by atoms with Gasteiger partial charge in [0.1, 0.15) is 0 Å². The molecule has 0 aliphatic carbocycles. The van der Waals surface area contributed by atoms with Crippen LogP contribution >= 0.6 is 0 Å². The summed E-state index contributed by atoms with van der Waals surface area (Å²) >= 11 is 0. The normalized spacial score (nSPS) is 10.6. The first-order valence-corrected chi connectivity index (χ1v) is 5.26. The minimum atomic E-state index is -0.682. The summed E-state index contributed by atoms with van der Waals surface area (Å²) < 4.78 is 0. The summed E-state index contributed by atoms with van der Waals surface area (Å²) in [4.78, 5) is 10.2. The Morgan fingerprint density at radius 1 is 1.14 bits per heavy atom. The first kappa shape index (κ1) is 12.9. The zero-order valence-corrected chi connectivity index (χ0v) is 8.74. The molecule has 1 N–H and O–H groups in total. The zero-order valence-electron chi connectivity index (χ0n) is 8.74. The molecule has 80 valence electrons. The van der Waals surface area contributed by atoms with Crippen LogP contribution < -0.4 is 0 Å². The van der Waals surface area contributed by atoms with E-state index in [2.05, 4.69) is 12.7 Å². The number of carboxylic acids is 1. The van der Waals surface area contributed by atoms with E-state index < -0.39 is 5.97 Å². The van der Waals surface area contributed by atoms with E-state index in [1.54, 1.807) is 6.08 Å². The summed E-state index contributed by atoms with van der Waals surface area (Å²) in [5.41, 5.74) is 0. The van der Waals surface area contributed by atoms with Crippen molar-refractivity contribution >= 4 is 5.97 Å². The van der Waals surface area contributed by atoms with E-state index in [0.717, 1.165) is 25.7 Å². The van der Waals surface area contributed by atoms with Crippen molar-refractivity contribution in [1.82, 2.24) is 0 Å². The molecule has 0 aromatic carbocycles. The molecule has 2 nitrogen and oxygen atoms in total. The third kappa shape index (κ3) is 11.0. The van der Waals surface area contributed by atoms with Crippen LogP contribution in [0, 0.1) is 0 Å². The SMILES string of the molecule is C=C/C=C/CCCCCCCC(=O)O. The highest BCUT2D eigenvalue weighted by molar-refractivity contribution is 5.66. The van der Waals surface area contributed by atoms with Crippen LogP contribution in [-0.2, 0) is 4.79 Å². The number of aliphatic carboxylic acids is 1. The third-order valence-corrected chi connectivity index (χ3v) is 2.03. The van der Waals surface area contributed by atoms with Crippen molar-refractivity contribution in [2.24, 2.45) is 0 Å². The van der Waals surface area contributed by atoms with E-state index in [0.29, 0.717) is 6.42 Å². The quantitative estimate of drug-likeness (QED) is 0.452. The summed E-state index contributed by atoms with van der Waals surface area (Å²) in [5, 5.41) is 8.39. The molecular formula is C12H20O2. The van der Waals surface area contributed by atoms with Crippen molar-refractivity contribution in [3.05, 3.63) is 24.8 Å². The smallest absolute Gasteiger partial charge is 0.303 e. The molecule has 0 fully saturated rings. The van der Waals surface area contributed by atoms with Crippen LogP contribution in [0.4, 0.5) is 0 Å². The van der Waals surface area contributed by atoms with Crippen molar-refractivity contribution in [3.63, 3.8) is 0 Å². The van der Waals surface area contributed by atoms with E-state index in [9.17, 15) is 4.79 Å². The fraction of sp³-hybridized carbons (Fsp3) is 0.583. The van der Waals surface area contributed by atoms with Gasteiger partial charge in [-0.05, 0) is 19.3 Å². The second-order valence-corrected chi connectivity index (χ2v) is 3.36. The van der Waals surface area contributed by atoms with Crippen LogP contribution in [0.2, 0.25) is 0 Å². The van der Waals surface area contributed by atoms with Gasteiger partial charge in [0.05, 0.1) is 0 Å². The topological polar surface area (TPSA) is 37.3 Å². The lowest BCUT2D eigenvalue weighted by atomic mass is 10.1. The predicted molar refractivity (Wildman–Crippen MR) is 59.3 cm³/mol. The molecule has 0 aliphatic heterocycles. The van der Waals surface area contributed by atoms with Gasteiger partial charge in [-0.1, -0.05) is 44.1 Å². The highest BCUT2D eigenvalue weighted by Crippen LogP contribution is 2.07. The molecule has 0 unspecified atom stereocenters. The molecule has 0 bridgehead atoms. The minimum absolute atomic E-state index is 0.316. The zero-order chi connectivity index (χ0) is 10.6. The lowest BCUT2D eigenvalue weighted by molar-refractivity contribution is -0.137. The molecule has 0 aromatic heterocycles. The maximum Gasteiger partial charge on any atom is 0.303 e. The Hall–Kier alpha value is -1.05. The van der Waals surface area contributed by atoms with E-state index in [4.69, 9.17) is 5.11 Å². The second-order valence-electron chi connectivity index (χ2n) is 3.36. The van der Waals surface area contributed by atoms with Crippen molar-refractivity contribution in [1.29, 1.82) is 0 Å². The van der Waals surface area contributed by atoms with Gasteiger partial charge < -0.3 is 5.11 Å². The fourth-order valence-corrected chi connectivity index (χ4v) is 1.26. The Kier molecular flexibility index (Phi) is 9.28. The average molecular weight is 196 g/mol. The molecule has 0 aliphatic rings. The summed E-state index contributed by atoms with van der Waals surface area (Å²) in [6.07, 6.45) is 12.7. The second kappa shape index (κ2) is 10.0. The van der Waals surface area contributed by atoms with Crippen LogP contribution in [0.5, 0.6) is 0 Å². The fourth-order valence-electron chi connectivity index (χ4n) is 1.26. The number of carbonyl (C=O) groups is 1. The third-order valence-electron chi connectivity index (χ3n) is 2.03. The van der Waals surface area contributed by atoms with E-state index >= 15 is 0 Å². The molecule has 0 amide bonds. The number of rotatable bonds is 9. The van der Waals surface area contributed by atoms with Gasteiger partial charge in [0, 0.05) is 6.42 Å². The van der Waals surface area contributed by atoms with Gasteiger partial charge in [-0.15, -0.1) is 0 Å². The standard InChI is InChI=1S/C12H20O2/c1-2-3-4-5-6-7-8-9-10-11-12(13)14/h2-4H,1,5-11H2,(H,13,14)/b4-3+. The maximum absolute atomic E-state index is 10.2. The first-order valence-electron chi connectivity index (χ1n) is 5.26. The highest BCUT2D eigenvalue weighted by Gasteiger charge is 1.95. The largest absolute Gasteiger partial charge is 0.481 e. The van der Waals surface area contributed by atoms with E-state index in [-0.39, 0.29) is 0 Å². The van der Waals surface area contributed by atoms with Crippen LogP contribution in [0.15, 0.2) is 24.8 Å². The minimum Gasteiger partial charge on any atom is -0.481 e. The van der Waals surface area contributed by atoms with Gasteiger partial charge in [-0.2, -0.15) is 0 Å². The van der Waals surface area contributed by atoms with Gasteiger partial charge in [0.15, 0.2) is 0 Å². The van der Waals surface area contributed by atoms with Gasteiger partial charge >= 0.3 is 5.97 Å². The summed E-state index contributed by atoms with van der Waals surface area (Å²) in [5.74, 6) is -0.682. The van der Waals surface area contributed by atoms with Crippen molar-refractivity contribution in [2.45, 2.75) is 44.9 Å². The van der Waals surface area contributed by atoms with E-state index in [1.807, 2.05) is 6.08 Å². The van der Waals surface area contributed by atoms with Crippen LogP contribution in [-0.4, -0.2) is 11.1 Å². The van der Waals surface area contributed by atoms with Crippen molar-refractivity contribution in [3.8, 4) is 0 Å². The first-order chi connectivity index (χ1) is 6.77. The Balaban J connectivity index is 3.02. The number of allylic oxidation sites excluding steroid dienone is 3. The van der Waals surface area contributed by atoms with Gasteiger partial charge in [-0.3, -0.25) is 4.79 Å². The Morgan fingerprint density at radius 3 is 2.43 bits per heavy atom. The number of hydrogen-bond acceptors (Lipinski definition) is 1. The molecule has 0 spiro atoms. The van der Waals surface area contributed by atoms with Crippen LogP contribution in [0.25, 0.3) is 0 Å². The van der Waals surface area contributed by atoms with E-state index in [1.165, 1.54) is 12.8 Å². The molecule has 0 saturated carbocycles. The van der Waals surface area contributed by atoms with Gasteiger partial charge in [0.2, 0.25) is 0 Å². The Morgan fingerprint density at radius 2 is 1.79 bits per heavy atom. The molecule has 2 heteroatoms. The Labute approximate surface area is 86.3 Å². The Bertz CT molecular complexity index is 183. The maximum atomic E-state index is 10.2. The summed E-state index contributed by atoms with van der Waals surface area (Å²) in [7, 11) is 0. The number of unbranched alkanes of at least 4 members (excludes halogenated alkanes) is 5. The molecule has 0 radical (unpaired) electrons. The van der Waals surface area contributed by atoms with Crippen molar-refractivity contribution < 1.29 is 9.90 Å². The van der Waals surface area contributed by atoms with Gasteiger partial charge in [-0.25, -0.2) is 0 Å². The van der Waals surface area contributed by atoms with Crippen LogP contribution in [0.1, 0.15) is 44.9 Å². The summed E-state index contributed by atoms with van der Waals surface area (Å²) in [6, 6.07) is 0. The average Bonchev–Trinajstić information content (AvgIpc) is 2.15. The molecule has 14 heavy (non-hydrogen) atoms. The predicted octanol–water partition coefficient (Wildman–Crippen LogP) is 3.54. The molecular weight excluding hydrogens is 176 g/mol. The lowest BCUT2D eigenvalue weighted by Gasteiger charge is -1.97.